The van der Waals surface area contributed by atoms with E-state index in [0.717, 1.165) is 11.1 Å². The van der Waals surface area contributed by atoms with Crippen LogP contribution >= 0.6 is 11.6 Å². The second-order valence-corrected chi connectivity index (χ2v) is 7.68. The molecule has 0 aromatic heterocycles. The van der Waals surface area contributed by atoms with Gasteiger partial charge in [-0.1, -0.05) is 62.2 Å². The van der Waals surface area contributed by atoms with Gasteiger partial charge in [-0.25, -0.2) is 0 Å². The zero-order chi connectivity index (χ0) is 19.3. The summed E-state index contributed by atoms with van der Waals surface area (Å²) in [5, 5.41) is 3.07. The Labute approximate surface area is 159 Å². The maximum atomic E-state index is 12.1. The second kappa shape index (κ2) is 8.37. The van der Waals surface area contributed by atoms with Gasteiger partial charge < -0.3 is 10.1 Å². The van der Waals surface area contributed by atoms with Crippen LogP contribution in [0.4, 0.5) is 0 Å². The number of hydrogen-bond acceptors (Lipinski definition) is 3. The van der Waals surface area contributed by atoms with Gasteiger partial charge in [-0.05, 0) is 36.1 Å². The smallest absolute Gasteiger partial charge is 0.258 e. The Morgan fingerprint density at radius 2 is 1.85 bits per heavy atom. The van der Waals surface area contributed by atoms with Crippen LogP contribution < -0.4 is 10.1 Å². The minimum absolute atomic E-state index is 0.0947. The van der Waals surface area contributed by atoms with Gasteiger partial charge in [0.05, 0.1) is 6.54 Å². The van der Waals surface area contributed by atoms with E-state index in [2.05, 4.69) is 32.2 Å². The van der Waals surface area contributed by atoms with Crippen LogP contribution in [0.3, 0.4) is 0 Å². The van der Waals surface area contributed by atoms with Crippen molar-refractivity contribution >= 4 is 23.3 Å². The zero-order valence-electron chi connectivity index (χ0n) is 15.6. The minimum atomic E-state index is -0.346. The van der Waals surface area contributed by atoms with Crippen molar-refractivity contribution in [3.05, 3.63) is 64.2 Å². The standard InChI is InChI=1S/C21H24ClNO3/c1-14-8-9-19(17(10-14)21(2,3)4)26-13-20(25)23-12-18(24)15-6-5-7-16(22)11-15/h5-11H,12-13H2,1-4H3,(H,23,25). The van der Waals surface area contributed by atoms with Gasteiger partial charge in [-0.2, -0.15) is 0 Å². The first-order valence-corrected chi connectivity index (χ1v) is 8.84. The second-order valence-electron chi connectivity index (χ2n) is 7.25. The fourth-order valence-electron chi connectivity index (χ4n) is 2.49. The minimum Gasteiger partial charge on any atom is -0.483 e. The van der Waals surface area contributed by atoms with Gasteiger partial charge in [-0.15, -0.1) is 0 Å². The first kappa shape index (κ1) is 20.0. The van der Waals surface area contributed by atoms with E-state index in [1.807, 2.05) is 19.1 Å². The van der Waals surface area contributed by atoms with Gasteiger partial charge in [0.1, 0.15) is 5.75 Å². The Hall–Kier alpha value is -2.33. The van der Waals surface area contributed by atoms with Crippen LogP contribution in [0.15, 0.2) is 42.5 Å². The highest BCUT2D eigenvalue weighted by molar-refractivity contribution is 6.31. The molecule has 0 radical (unpaired) electrons. The molecule has 5 heteroatoms. The Kier molecular flexibility index (Phi) is 6.43. The highest BCUT2D eigenvalue weighted by Crippen LogP contribution is 2.32. The van der Waals surface area contributed by atoms with Gasteiger partial charge in [0.2, 0.25) is 0 Å². The van der Waals surface area contributed by atoms with E-state index in [0.29, 0.717) is 16.3 Å². The van der Waals surface area contributed by atoms with Crippen molar-refractivity contribution in [2.75, 3.05) is 13.2 Å². The van der Waals surface area contributed by atoms with Crippen LogP contribution in [0.1, 0.15) is 42.3 Å². The summed E-state index contributed by atoms with van der Waals surface area (Å²) in [6.07, 6.45) is 0. The molecule has 0 bridgehead atoms. The van der Waals surface area contributed by atoms with Crippen molar-refractivity contribution in [1.29, 1.82) is 0 Å². The Balaban J connectivity index is 1.92. The molecule has 0 aliphatic rings. The lowest BCUT2D eigenvalue weighted by atomic mass is 9.85. The van der Waals surface area contributed by atoms with Gasteiger partial charge in [-0.3, -0.25) is 9.59 Å². The summed E-state index contributed by atoms with van der Waals surface area (Å²) in [5.41, 5.74) is 2.55. The van der Waals surface area contributed by atoms with Crippen molar-refractivity contribution in [1.82, 2.24) is 5.32 Å². The summed E-state index contributed by atoms with van der Waals surface area (Å²) in [6.45, 7) is 8.07. The molecule has 0 atom stereocenters. The number of hydrogen-bond donors (Lipinski definition) is 1. The quantitative estimate of drug-likeness (QED) is 0.767. The van der Waals surface area contributed by atoms with Crippen LogP contribution in [0.5, 0.6) is 5.75 Å². The third kappa shape index (κ3) is 5.60. The third-order valence-electron chi connectivity index (χ3n) is 3.89. The molecule has 1 N–H and O–H groups in total. The monoisotopic (exact) mass is 373 g/mol. The summed E-state index contributed by atoms with van der Waals surface area (Å²) in [5.74, 6) is 0.131. The number of amides is 1. The molecule has 0 aliphatic carbocycles. The fourth-order valence-corrected chi connectivity index (χ4v) is 2.68. The number of nitrogens with one attached hydrogen (secondary N) is 1. The molecule has 0 unspecified atom stereocenters. The molecule has 0 spiro atoms. The van der Waals surface area contributed by atoms with E-state index in [-0.39, 0.29) is 30.3 Å². The van der Waals surface area contributed by atoms with Crippen molar-refractivity contribution in [2.45, 2.75) is 33.1 Å². The number of halogens is 1. The molecule has 0 saturated heterocycles. The number of aryl methyl sites for hydroxylation is 1. The van der Waals surface area contributed by atoms with E-state index < -0.39 is 0 Å². The van der Waals surface area contributed by atoms with E-state index in [9.17, 15) is 9.59 Å². The number of ether oxygens (including phenoxy) is 1. The normalized spacial score (nSPS) is 11.1. The number of carbonyl (C=O) groups excluding carboxylic acids is 2. The maximum absolute atomic E-state index is 12.1. The van der Waals surface area contributed by atoms with Gasteiger partial charge in [0, 0.05) is 10.6 Å². The average molecular weight is 374 g/mol. The lowest BCUT2D eigenvalue weighted by Crippen LogP contribution is -2.33. The molecule has 4 nitrogen and oxygen atoms in total. The molecule has 26 heavy (non-hydrogen) atoms. The third-order valence-corrected chi connectivity index (χ3v) is 4.13. The average Bonchev–Trinajstić information content (AvgIpc) is 2.57. The number of benzene rings is 2. The first-order valence-electron chi connectivity index (χ1n) is 8.46. The highest BCUT2D eigenvalue weighted by atomic mass is 35.5. The largest absolute Gasteiger partial charge is 0.483 e. The zero-order valence-corrected chi connectivity index (χ0v) is 16.3. The lowest BCUT2D eigenvalue weighted by molar-refractivity contribution is -0.122. The van der Waals surface area contributed by atoms with Crippen LogP contribution in [0.25, 0.3) is 0 Å². The van der Waals surface area contributed by atoms with Crippen molar-refractivity contribution < 1.29 is 14.3 Å². The molecule has 0 aliphatic heterocycles. The Morgan fingerprint density at radius 1 is 1.12 bits per heavy atom. The van der Waals surface area contributed by atoms with Crippen molar-refractivity contribution in [3.63, 3.8) is 0 Å². The van der Waals surface area contributed by atoms with Crippen LogP contribution in [-0.4, -0.2) is 24.8 Å². The summed E-state index contributed by atoms with van der Waals surface area (Å²) < 4.78 is 5.69. The topological polar surface area (TPSA) is 55.4 Å². The van der Waals surface area contributed by atoms with E-state index in [1.54, 1.807) is 24.3 Å². The molecule has 0 heterocycles. The van der Waals surface area contributed by atoms with E-state index in [4.69, 9.17) is 16.3 Å². The summed E-state index contributed by atoms with van der Waals surface area (Å²) in [7, 11) is 0. The summed E-state index contributed by atoms with van der Waals surface area (Å²) >= 11 is 5.87. The predicted octanol–water partition coefficient (Wildman–Crippen LogP) is 4.32. The molecule has 1 amide bonds. The predicted molar refractivity (Wildman–Crippen MR) is 104 cm³/mol. The molecule has 0 saturated carbocycles. The molecular weight excluding hydrogens is 350 g/mol. The summed E-state index contributed by atoms with van der Waals surface area (Å²) in [4.78, 5) is 24.1. The van der Waals surface area contributed by atoms with Gasteiger partial charge in [0.25, 0.3) is 5.91 Å². The molecular formula is C21H24ClNO3. The van der Waals surface area contributed by atoms with Gasteiger partial charge >= 0.3 is 0 Å². The van der Waals surface area contributed by atoms with E-state index >= 15 is 0 Å². The highest BCUT2D eigenvalue weighted by Gasteiger charge is 2.19. The Bertz CT molecular complexity index is 809. The summed E-state index contributed by atoms with van der Waals surface area (Å²) in [6, 6.07) is 12.5. The molecule has 0 fully saturated rings. The Morgan fingerprint density at radius 3 is 2.50 bits per heavy atom. The molecule has 2 aromatic carbocycles. The van der Waals surface area contributed by atoms with Crippen molar-refractivity contribution in [3.8, 4) is 5.75 Å². The van der Waals surface area contributed by atoms with Crippen LogP contribution in [0.2, 0.25) is 5.02 Å². The number of ketones is 1. The lowest BCUT2D eigenvalue weighted by Gasteiger charge is -2.23. The van der Waals surface area contributed by atoms with E-state index in [1.165, 1.54) is 0 Å². The molecule has 2 rings (SSSR count). The van der Waals surface area contributed by atoms with Crippen LogP contribution in [-0.2, 0) is 10.2 Å². The molecule has 2 aromatic rings. The number of rotatable bonds is 6. The fraction of sp³-hybridized carbons (Fsp3) is 0.333. The van der Waals surface area contributed by atoms with Crippen LogP contribution in [0, 0.1) is 6.92 Å². The SMILES string of the molecule is Cc1ccc(OCC(=O)NCC(=O)c2cccc(Cl)c2)c(C(C)(C)C)c1. The number of Topliss-reactive ketones (excluding diaryl/α,β-unsaturated/α-hetero) is 1. The first-order chi connectivity index (χ1) is 12.2. The maximum Gasteiger partial charge on any atom is 0.258 e. The van der Waals surface area contributed by atoms with Gasteiger partial charge in [0.15, 0.2) is 12.4 Å². The molecule has 138 valence electrons. The van der Waals surface area contributed by atoms with Crippen molar-refractivity contribution in [2.24, 2.45) is 0 Å². The number of carbonyl (C=O) groups is 2.